The van der Waals surface area contributed by atoms with Crippen molar-refractivity contribution in [3.8, 4) is 0 Å². The molecule has 0 bridgehead atoms. The number of carbonyl (C=O) groups excluding carboxylic acids is 2. The van der Waals surface area contributed by atoms with Crippen LogP contribution in [-0.2, 0) is 14.8 Å². The second-order valence-corrected chi connectivity index (χ2v) is 6.80. The van der Waals surface area contributed by atoms with Gasteiger partial charge in [0.1, 0.15) is 0 Å². The minimum atomic E-state index is -3.90. The first kappa shape index (κ1) is 17.6. The number of hydrogen-bond acceptors (Lipinski definition) is 4. The summed E-state index contributed by atoms with van der Waals surface area (Å²) in [6, 6.07) is 10.7. The first-order valence-corrected chi connectivity index (χ1v) is 8.54. The molecule has 126 valence electrons. The zero-order valence-electron chi connectivity index (χ0n) is 13.2. The number of nitrogens with one attached hydrogen (secondary N) is 2. The topological polar surface area (TPSA) is 118 Å². The van der Waals surface area contributed by atoms with Crippen LogP contribution >= 0.6 is 0 Å². The van der Waals surface area contributed by atoms with Crippen molar-refractivity contribution in [1.29, 1.82) is 0 Å². The number of anilines is 2. The molecule has 8 heteroatoms. The summed E-state index contributed by atoms with van der Waals surface area (Å²) < 4.78 is 22.9. The first-order chi connectivity index (χ1) is 11.2. The average Bonchev–Trinajstić information content (AvgIpc) is 2.46. The van der Waals surface area contributed by atoms with Gasteiger partial charge in [-0.15, -0.1) is 0 Å². The standard InChI is InChI=1S/C16H17N3O4S/c1-10-6-7-14(24(17,22)23)9-15(10)16(21)19-13-5-3-4-12(8-13)18-11(2)20/h3-9H,1-2H3,(H,18,20)(H,19,21)(H2,17,22,23). The van der Waals surface area contributed by atoms with Crippen LogP contribution in [0.3, 0.4) is 0 Å². The van der Waals surface area contributed by atoms with Crippen molar-refractivity contribution in [2.24, 2.45) is 5.14 Å². The molecule has 2 aromatic carbocycles. The molecule has 0 spiro atoms. The fraction of sp³-hybridized carbons (Fsp3) is 0.125. The van der Waals surface area contributed by atoms with Gasteiger partial charge in [0, 0.05) is 23.9 Å². The highest BCUT2D eigenvalue weighted by molar-refractivity contribution is 7.89. The molecular weight excluding hydrogens is 330 g/mol. The van der Waals surface area contributed by atoms with Crippen molar-refractivity contribution in [2.45, 2.75) is 18.7 Å². The number of benzene rings is 2. The Hall–Kier alpha value is -2.71. The van der Waals surface area contributed by atoms with E-state index in [4.69, 9.17) is 5.14 Å². The molecule has 0 saturated carbocycles. The molecule has 0 aliphatic heterocycles. The summed E-state index contributed by atoms with van der Waals surface area (Å²) in [6.45, 7) is 3.07. The SMILES string of the molecule is CC(=O)Nc1cccc(NC(=O)c2cc(S(N)(=O)=O)ccc2C)c1. The molecule has 4 N–H and O–H groups in total. The van der Waals surface area contributed by atoms with E-state index in [1.807, 2.05) is 0 Å². The molecule has 2 rings (SSSR count). The lowest BCUT2D eigenvalue weighted by Gasteiger charge is -2.10. The maximum absolute atomic E-state index is 12.4. The minimum Gasteiger partial charge on any atom is -0.326 e. The van der Waals surface area contributed by atoms with Crippen LogP contribution in [0.5, 0.6) is 0 Å². The van der Waals surface area contributed by atoms with E-state index in [1.54, 1.807) is 31.2 Å². The van der Waals surface area contributed by atoms with Crippen LogP contribution in [0.2, 0.25) is 0 Å². The molecule has 2 amide bonds. The van der Waals surface area contributed by atoms with Gasteiger partial charge in [-0.3, -0.25) is 9.59 Å². The van der Waals surface area contributed by atoms with E-state index in [1.165, 1.54) is 25.1 Å². The van der Waals surface area contributed by atoms with Gasteiger partial charge in [0.05, 0.1) is 4.90 Å². The number of rotatable bonds is 4. The molecule has 0 aliphatic rings. The smallest absolute Gasteiger partial charge is 0.255 e. The van der Waals surface area contributed by atoms with E-state index < -0.39 is 15.9 Å². The second-order valence-electron chi connectivity index (χ2n) is 5.24. The Morgan fingerprint density at radius 1 is 1.00 bits per heavy atom. The Kier molecular flexibility index (Phi) is 5.01. The highest BCUT2D eigenvalue weighted by atomic mass is 32.2. The van der Waals surface area contributed by atoms with E-state index in [0.717, 1.165) is 0 Å². The van der Waals surface area contributed by atoms with Gasteiger partial charge in [-0.1, -0.05) is 12.1 Å². The Morgan fingerprint density at radius 3 is 2.21 bits per heavy atom. The summed E-state index contributed by atoms with van der Waals surface area (Å²) >= 11 is 0. The molecule has 0 aliphatic carbocycles. The van der Waals surface area contributed by atoms with Crippen LogP contribution in [0.4, 0.5) is 11.4 Å². The maximum atomic E-state index is 12.4. The molecule has 0 heterocycles. The summed E-state index contributed by atoms with van der Waals surface area (Å²) in [5.74, 6) is -0.701. The van der Waals surface area contributed by atoms with Crippen LogP contribution in [-0.4, -0.2) is 20.2 Å². The molecule has 0 atom stereocenters. The van der Waals surface area contributed by atoms with Crippen LogP contribution in [0.25, 0.3) is 0 Å². The summed E-state index contributed by atoms with van der Waals surface area (Å²) in [7, 11) is -3.90. The lowest BCUT2D eigenvalue weighted by atomic mass is 10.1. The minimum absolute atomic E-state index is 0.134. The maximum Gasteiger partial charge on any atom is 0.255 e. The van der Waals surface area contributed by atoms with E-state index in [9.17, 15) is 18.0 Å². The van der Waals surface area contributed by atoms with Crippen LogP contribution < -0.4 is 15.8 Å². The van der Waals surface area contributed by atoms with E-state index in [-0.39, 0.29) is 16.4 Å². The van der Waals surface area contributed by atoms with Crippen molar-refractivity contribution >= 4 is 33.2 Å². The molecule has 0 fully saturated rings. The van der Waals surface area contributed by atoms with Gasteiger partial charge in [0.2, 0.25) is 15.9 Å². The zero-order chi connectivity index (χ0) is 17.9. The molecule has 0 radical (unpaired) electrons. The van der Waals surface area contributed by atoms with Gasteiger partial charge >= 0.3 is 0 Å². The van der Waals surface area contributed by atoms with Crippen LogP contribution in [0.1, 0.15) is 22.8 Å². The third-order valence-corrected chi connectivity index (χ3v) is 4.13. The molecule has 24 heavy (non-hydrogen) atoms. The number of sulfonamides is 1. The number of carbonyl (C=O) groups is 2. The largest absolute Gasteiger partial charge is 0.326 e. The lowest BCUT2D eigenvalue weighted by molar-refractivity contribution is -0.114. The van der Waals surface area contributed by atoms with Gasteiger partial charge < -0.3 is 10.6 Å². The zero-order valence-corrected chi connectivity index (χ0v) is 14.0. The Balaban J connectivity index is 2.29. The Morgan fingerprint density at radius 2 is 1.62 bits per heavy atom. The van der Waals surface area contributed by atoms with Gasteiger partial charge in [0.25, 0.3) is 5.91 Å². The number of aryl methyl sites for hydroxylation is 1. The number of nitrogens with two attached hydrogens (primary N) is 1. The Labute approximate surface area is 139 Å². The van der Waals surface area contributed by atoms with E-state index >= 15 is 0 Å². The van der Waals surface area contributed by atoms with Crippen molar-refractivity contribution in [2.75, 3.05) is 10.6 Å². The predicted molar refractivity (Wildman–Crippen MR) is 91.3 cm³/mol. The second kappa shape index (κ2) is 6.81. The van der Waals surface area contributed by atoms with Crippen molar-refractivity contribution in [1.82, 2.24) is 0 Å². The van der Waals surface area contributed by atoms with Gasteiger partial charge in [-0.25, -0.2) is 13.6 Å². The van der Waals surface area contributed by atoms with Crippen molar-refractivity contribution < 1.29 is 18.0 Å². The third-order valence-electron chi connectivity index (χ3n) is 3.22. The molecule has 7 nitrogen and oxygen atoms in total. The molecule has 2 aromatic rings. The summed E-state index contributed by atoms with van der Waals surface area (Å²) in [5, 5.41) is 10.4. The Bertz CT molecular complexity index is 907. The van der Waals surface area contributed by atoms with Gasteiger partial charge in [-0.2, -0.15) is 0 Å². The van der Waals surface area contributed by atoms with Crippen molar-refractivity contribution in [3.63, 3.8) is 0 Å². The summed E-state index contributed by atoms with van der Waals surface area (Å²) in [5.41, 5.74) is 1.81. The predicted octanol–water partition coefficient (Wildman–Crippen LogP) is 1.85. The monoisotopic (exact) mass is 347 g/mol. The number of amides is 2. The fourth-order valence-corrected chi connectivity index (χ4v) is 2.64. The van der Waals surface area contributed by atoms with Gasteiger partial charge in [-0.05, 0) is 42.8 Å². The summed E-state index contributed by atoms with van der Waals surface area (Å²) in [6.07, 6.45) is 0. The average molecular weight is 347 g/mol. The quantitative estimate of drug-likeness (QED) is 0.782. The lowest BCUT2D eigenvalue weighted by Crippen LogP contribution is -2.17. The fourth-order valence-electron chi connectivity index (χ4n) is 2.10. The number of hydrogen-bond donors (Lipinski definition) is 3. The van der Waals surface area contributed by atoms with E-state index in [2.05, 4.69) is 10.6 Å². The number of primary sulfonamides is 1. The van der Waals surface area contributed by atoms with Crippen LogP contribution in [0, 0.1) is 6.92 Å². The third kappa shape index (κ3) is 4.40. The highest BCUT2D eigenvalue weighted by Crippen LogP contribution is 2.19. The highest BCUT2D eigenvalue weighted by Gasteiger charge is 2.15. The molecule has 0 unspecified atom stereocenters. The molecule has 0 saturated heterocycles. The molecular formula is C16H17N3O4S. The van der Waals surface area contributed by atoms with E-state index in [0.29, 0.717) is 16.9 Å². The van der Waals surface area contributed by atoms with Crippen molar-refractivity contribution in [3.05, 3.63) is 53.6 Å². The normalized spacial score (nSPS) is 11.0. The van der Waals surface area contributed by atoms with Gasteiger partial charge in [0.15, 0.2) is 0 Å². The summed E-state index contributed by atoms with van der Waals surface area (Å²) in [4.78, 5) is 23.4. The van der Waals surface area contributed by atoms with Crippen LogP contribution in [0.15, 0.2) is 47.4 Å². The molecule has 0 aromatic heterocycles. The first-order valence-electron chi connectivity index (χ1n) is 6.99.